The van der Waals surface area contributed by atoms with Gasteiger partial charge in [0, 0.05) is 36.2 Å². The van der Waals surface area contributed by atoms with Gasteiger partial charge in [0.05, 0.1) is 6.61 Å². The largest absolute Gasteiger partial charge is 0.494 e. The van der Waals surface area contributed by atoms with Gasteiger partial charge in [0.25, 0.3) is 0 Å². The second-order valence-electron chi connectivity index (χ2n) is 10.4. The van der Waals surface area contributed by atoms with Crippen LogP contribution in [-0.2, 0) is 22.4 Å². The van der Waals surface area contributed by atoms with E-state index in [0.29, 0.717) is 55.0 Å². The van der Waals surface area contributed by atoms with E-state index in [4.69, 9.17) is 4.74 Å². The summed E-state index contributed by atoms with van der Waals surface area (Å²) in [6.45, 7) is 0.979. The summed E-state index contributed by atoms with van der Waals surface area (Å²) in [4.78, 5) is 37.2. The molecule has 0 aromatic heterocycles. The van der Waals surface area contributed by atoms with E-state index in [0.717, 1.165) is 12.0 Å². The molecule has 0 heterocycles. The summed E-state index contributed by atoms with van der Waals surface area (Å²) in [7, 11) is 0. The topological polar surface area (TPSA) is 105 Å². The molecule has 0 aliphatic carbocycles. The molecule has 0 fully saturated rings. The van der Waals surface area contributed by atoms with Gasteiger partial charge in [0.2, 0.25) is 5.91 Å². The quantitative estimate of drug-likeness (QED) is 0.0738. The van der Waals surface area contributed by atoms with E-state index in [1.54, 1.807) is 48.5 Å². The fraction of sp³-hybridized carbons (Fsp3) is 0.216. The van der Waals surface area contributed by atoms with E-state index in [9.17, 15) is 19.5 Å². The molecular weight excluding hydrogens is 552 g/mol. The molecule has 0 bridgehead atoms. The Bertz CT molecular complexity index is 1520. The molecule has 0 aliphatic rings. The highest BCUT2D eigenvalue weighted by Gasteiger charge is 2.21. The molecule has 4 aromatic carbocycles. The van der Waals surface area contributed by atoms with Crippen LogP contribution in [0.2, 0.25) is 0 Å². The van der Waals surface area contributed by atoms with Gasteiger partial charge in [-0.25, -0.2) is 4.79 Å². The summed E-state index contributed by atoms with van der Waals surface area (Å²) in [5, 5.41) is 15.9. The third-order valence-corrected chi connectivity index (χ3v) is 7.01. The molecule has 4 aromatic rings. The van der Waals surface area contributed by atoms with E-state index in [-0.39, 0.29) is 18.1 Å². The summed E-state index contributed by atoms with van der Waals surface area (Å²) in [5.41, 5.74) is 3.49. The van der Waals surface area contributed by atoms with Crippen LogP contribution in [0.3, 0.4) is 0 Å². The number of aliphatic carboxylic acids is 1. The number of anilines is 1. The summed E-state index contributed by atoms with van der Waals surface area (Å²) < 4.78 is 5.80. The van der Waals surface area contributed by atoms with Crippen molar-refractivity contribution in [3.63, 3.8) is 0 Å². The number of carboxylic acids is 1. The predicted molar refractivity (Wildman–Crippen MR) is 173 cm³/mol. The summed E-state index contributed by atoms with van der Waals surface area (Å²) in [6, 6.07) is 32.4. The average molecular weight is 591 g/mol. The number of ether oxygens (including phenoxy) is 1. The Morgan fingerprint density at radius 2 is 1.45 bits per heavy atom. The molecule has 1 amide bonds. The van der Waals surface area contributed by atoms with Crippen LogP contribution in [0.15, 0.2) is 121 Å². The Labute approximate surface area is 258 Å². The van der Waals surface area contributed by atoms with Crippen LogP contribution in [0, 0.1) is 0 Å². The third-order valence-electron chi connectivity index (χ3n) is 7.01. The van der Waals surface area contributed by atoms with Crippen molar-refractivity contribution in [3.8, 4) is 5.75 Å². The van der Waals surface area contributed by atoms with Crippen molar-refractivity contribution in [1.82, 2.24) is 5.32 Å². The second-order valence-corrected chi connectivity index (χ2v) is 10.4. The monoisotopic (exact) mass is 590 g/mol. The summed E-state index contributed by atoms with van der Waals surface area (Å²) in [5.74, 6) is -0.502. The predicted octanol–water partition coefficient (Wildman–Crippen LogP) is 6.49. The zero-order valence-corrected chi connectivity index (χ0v) is 24.7. The lowest BCUT2D eigenvalue weighted by Gasteiger charge is -2.18. The Morgan fingerprint density at radius 3 is 2.18 bits per heavy atom. The van der Waals surface area contributed by atoms with Crippen LogP contribution < -0.4 is 15.4 Å². The highest BCUT2D eigenvalue weighted by Crippen LogP contribution is 2.22. The minimum absolute atomic E-state index is 0.0207. The van der Waals surface area contributed by atoms with Crippen molar-refractivity contribution < 1.29 is 24.2 Å². The molecule has 1 unspecified atom stereocenters. The maximum Gasteiger partial charge on any atom is 0.326 e. The van der Waals surface area contributed by atoms with Crippen LogP contribution >= 0.6 is 0 Å². The highest BCUT2D eigenvalue weighted by atomic mass is 16.5. The first-order valence-corrected chi connectivity index (χ1v) is 14.8. The van der Waals surface area contributed by atoms with Crippen LogP contribution in [0.25, 0.3) is 0 Å². The van der Waals surface area contributed by atoms with E-state index in [1.807, 2.05) is 54.6 Å². The number of benzene rings is 4. The number of carbonyl (C=O) groups excluding carboxylic acids is 2. The van der Waals surface area contributed by atoms with Gasteiger partial charge in [-0.15, -0.1) is 0 Å². The zero-order chi connectivity index (χ0) is 31.0. The number of carbonyl (C=O) groups is 3. The van der Waals surface area contributed by atoms with Crippen molar-refractivity contribution in [2.24, 2.45) is 0 Å². The number of amides is 1. The van der Waals surface area contributed by atoms with Crippen molar-refractivity contribution in [2.45, 2.75) is 38.1 Å². The van der Waals surface area contributed by atoms with Crippen LogP contribution in [0.1, 0.15) is 46.3 Å². The van der Waals surface area contributed by atoms with Crippen LogP contribution in [0.4, 0.5) is 5.69 Å². The summed E-state index contributed by atoms with van der Waals surface area (Å²) >= 11 is 0. The number of carboxylic acid groups (broad SMARTS) is 1. The average Bonchev–Trinajstić information content (AvgIpc) is 3.05. The molecule has 0 saturated heterocycles. The molecule has 1 atom stereocenters. The Balaban J connectivity index is 1.18. The maximum atomic E-state index is 13.1. The fourth-order valence-corrected chi connectivity index (χ4v) is 4.64. The maximum absolute atomic E-state index is 13.1. The number of para-hydroxylation sites is 1. The van der Waals surface area contributed by atoms with Crippen molar-refractivity contribution >= 4 is 23.3 Å². The first-order chi connectivity index (χ1) is 21.5. The number of hydrogen-bond donors (Lipinski definition) is 3. The first kappa shape index (κ1) is 31.8. The van der Waals surface area contributed by atoms with Gasteiger partial charge in [0.15, 0.2) is 5.78 Å². The molecule has 3 N–H and O–H groups in total. The van der Waals surface area contributed by atoms with Gasteiger partial charge in [-0.05, 0) is 54.7 Å². The lowest BCUT2D eigenvalue weighted by Crippen LogP contribution is -2.32. The summed E-state index contributed by atoms with van der Waals surface area (Å²) in [6.07, 6.45) is 7.05. The van der Waals surface area contributed by atoms with E-state index >= 15 is 0 Å². The number of rotatable bonds is 17. The number of nitrogens with one attached hydrogen (secondary N) is 2. The molecule has 7 nitrogen and oxygen atoms in total. The number of allylic oxidation sites excluding steroid dienone is 2. The molecule has 0 saturated carbocycles. The molecule has 0 radical (unpaired) electrons. The molecule has 44 heavy (non-hydrogen) atoms. The minimum atomic E-state index is -1.02. The van der Waals surface area contributed by atoms with Crippen molar-refractivity contribution in [3.05, 3.63) is 144 Å². The Kier molecular flexibility index (Phi) is 12.3. The third kappa shape index (κ3) is 10.3. The minimum Gasteiger partial charge on any atom is -0.494 e. The number of ketones is 1. The van der Waals surface area contributed by atoms with Gasteiger partial charge in [-0.3, -0.25) is 9.59 Å². The standard InChI is InChI=1S/C37H38N2O5/c40-35(20-9-2-6-15-28-13-4-1-5-14-28)38-25-12-26-44-31-23-21-29(22-24-31)27-34(37(42)43)39-33-19-11-10-18-32(33)36(41)30-16-7-3-8-17-30/h1-8,10-11,13-14,16-19,21-24,34,39H,9,12,15,20,25-27H2,(H,38,40)(H,42,43). The van der Waals surface area contributed by atoms with Crippen molar-refractivity contribution in [1.29, 1.82) is 0 Å². The van der Waals surface area contributed by atoms with Gasteiger partial charge >= 0.3 is 5.97 Å². The van der Waals surface area contributed by atoms with E-state index in [2.05, 4.69) is 28.8 Å². The second kappa shape index (κ2) is 17.1. The Morgan fingerprint density at radius 1 is 0.773 bits per heavy atom. The molecule has 0 aliphatic heterocycles. The normalized spacial score (nSPS) is 11.5. The van der Waals surface area contributed by atoms with Gasteiger partial charge in [-0.1, -0.05) is 97.1 Å². The Hall–Kier alpha value is -5.17. The molecule has 4 rings (SSSR count). The van der Waals surface area contributed by atoms with Crippen molar-refractivity contribution in [2.75, 3.05) is 18.5 Å². The smallest absolute Gasteiger partial charge is 0.326 e. The number of hydrogen-bond acceptors (Lipinski definition) is 5. The molecule has 226 valence electrons. The van der Waals surface area contributed by atoms with Gasteiger partial charge in [-0.2, -0.15) is 0 Å². The lowest BCUT2D eigenvalue weighted by molar-refractivity contribution is -0.137. The highest BCUT2D eigenvalue weighted by molar-refractivity contribution is 6.12. The van der Waals surface area contributed by atoms with E-state index in [1.165, 1.54) is 5.56 Å². The molecular formula is C37H38N2O5. The SMILES string of the molecule is O=C(CCC=CCc1ccccc1)NCCCOc1ccc(CC(Nc2ccccc2C(=O)c2ccccc2)C(=O)O)cc1. The first-order valence-electron chi connectivity index (χ1n) is 14.8. The fourth-order valence-electron chi connectivity index (χ4n) is 4.64. The molecule has 0 spiro atoms. The van der Waals surface area contributed by atoms with Gasteiger partial charge in [0.1, 0.15) is 11.8 Å². The lowest BCUT2D eigenvalue weighted by atomic mass is 10.00. The van der Waals surface area contributed by atoms with E-state index < -0.39 is 12.0 Å². The molecule has 7 heteroatoms. The van der Waals surface area contributed by atoms with Crippen LogP contribution in [-0.4, -0.2) is 42.0 Å². The zero-order valence-electron chi connectivity index (χ0n) is 24.7. The van der Waals surface area contributed by atoms with Crippen LogP contribution in [0.5, 0.6) is 5.75 Å². The van der Waals surface area contributed by atoms with Gasteiger partial charge < -0.3 is 20.5 Å².